The normalized spacial score (nSPS) is 12.2. The van der Waals surface area contributed by atoms with Crippen molar-refractivity contribution in [3.8, 4) is 5.75 Å². The number of benzene rings is 2. The van der Waals surface area contributed by atoms with Crippen LogP contribution in [0.1, 0.15) is 28.3 Å². The monoisotopic (exact) mass is 289 g/mol. The molecule has 2 aromatic rings. The van der Waals surface area contributed by atoms with Crippen LogP contribution in [0.4, 0.5) is 0 Å². The van der Waals surface area contributed by atoms with Gasteiger partial charge in [0.05, 0.1) is 7.11 Å². The number of nitrogens with two attached hydrogens (primary N) is 1. The van der Waals surface area contributed by atoms with E-state index in [1.54, 1.807) is 7.11 Å². The molecule has 0 saturated heterocycles. The molecular formula is C17H20ClNO. The summed E-state index contributed by atoms with van der Waals surface area (Å²) in [4.78, 5) is 0. The van der Waals surface area contributed by atoms with Gasteiger partial charge in [0.2, 0.25) is 0 Å². The lowest BCUT2D eigenvalue weighted by molar-refractivity contribution is 0.411. The van der Waals surface area contributed by atoms with Gasteiger partial charge in [-0.15, -0.1) is 0 Å². The molecule has 1 atom stereocenters. The maximum absolute atomic E-state index is 6.35. The highest BCUT2D eigenvalue weighted by molar-refractivity contribution is 6.30. The van der Waals surface area contributed by atoms with Crippen molar-refractivity contribution < 1.29 is 4.74 Å². The van der Waals surface area contributed by atoms with E-state index in [0.29, 0.717) is 0 Å². The molecule has 2 nitrogen and oxygen atoms in total. The quantitative estimate of drug-likeness (QED) is 0.915. The predicted octanol–water partition coefficient (Wildman–Crippen LogP) is 4.21. The van der Waals surface area contributed by atoms with E-state index in [1.165, 1.54) is 0 Å². The Hall–Kier alpha value is -1.51. The Labute approximate surface area is 125 Å². The Kier molecular flexibility index (Phi) is 4.69. The number of hydrogen-bond acceptors (Lipinski definition) is 2. The van der Waals surface area contributed by atoms with E-state index in [-0.39, 0.29) is 6.04 Å². The van der Waals surface area contributed by atoms with Crippen LogP contribution in [-0.2, 0) is 6.42 Å². The lowest BCUT2D eigenvalue weighted by Crippen LogP contribution is -2.15. The highest BCUT2D eigenvalue weighted by Crippen LogP contribution is 2.27. The second-order valence-electron chi connectivity index (χ2n) is 5.12. The minimum atomic E-state index is -0.0435. The first kappa shape index (κ1) is 14.9. The Morgan fingerprint density at radius 2 is 1.90 bits per heavy atom. The fourth-order valence-electron chi connectivity index (χ4n) is 2.46. The number of halogens is 1. The van der Waals surface area contributed by atoms with Crippen molar-refractivity contribution >= 4 is 11.6 Å². The highest BCUT2D eigenvalue weighted by Gasteiger charge is 2.12. The van der Waals surface area contributed by atoms with E-state index < -0.39 is 0 Å². The first-order valence-corrected chi connectivity index (χ1v) is 7.04. The molecule has 0 aliphatic heterocycles. The zero-order valence-electron chi connectivity index (χ0n) is 12.1. The molecule has 0 amide bonds. The van der Waals surface area contributed by atoms with Crippen LogP contribution in [0.5, 0.6) is 5.75 Å². The molecule has 0 fully saturated rings. The molecule has 0 radical (unpaired) electrons. The molecule has 106 valence electrons. The number of rotatable bonds is 4. The molecule has 0 heterocycles. The van der Waals surface area contributed by atoms with Gasteiger partial charge in [-0.05, 0) is 60.7 Å². The number of aryl methyl sites for hydroxylation is 2. The molecule has 0 bridgehead atoms. The molecule has 0 aliphatic carbocycles. The molecule has 20 heavy (non-hydrogen) atoms. The van der Waals surface area contributed by atoms with Gasteiger partial charge in [-0.1, -0.05) is 29.8 Å². The van der Waals surface area contributed by atoms with Crippen molar-refractivity contribution in [1.82, 2.24) is 0 Å². The van der Waals surface area contributed by atoms with Crippen LogP contribution in [0.3, 0.4) is 0 Å². The molecule has 0 spiro atoms. The van der Waals surface area contributed by atoms with Crippen molar-refractivity contribution in [3.05, 3.63) is 63.7 Å². The van der Waals surface area contributed by atoms with E-state index in [1.807, 2.05) is 31.2 Å². The van der Waals surface area contributed by atoms with E-state index in [4.69, 9.17) is 22.1 Å². The van der Waals surface area contributed by atoms with Crippen LogP contribution in [-0.4, -0.2) is 7.11 Å². The van der Waals surface area contributed by atoms with Crippen LogP contribution in [0.15, 0.2) is 36.4 Å². The van der Waals surface area contributed by atoms with Gasteiger partial charge in [0.1, 0.15) is 5.75 Å². The average molecular weight is 290 g/mol. The zero-order chi connectivity index (χ0) is 14.7. The summed E-state index contributed by atoms with van der Waals surface area (Å²) in [5.74, 6) is 0.904. The van der Waals surface area contributed by atoms with E-state index in [2.05, 4.69) is 19.1 Å². The molecular weight excluding hydrogens is 270 g/mol. The van der Waals surface area contributed by atoms with Crippen molar-refractivity contribution in [2.24, 2.45) is 5.73 Å². The Morgan fingerprint density at radius 1 is 1.15 bits per heavy atom. The molecule has 2 N–H and O–H groups in total. The molecule has 3 heteroatoms. The molecule has 2 rings (SSSR count). The lowest BCUT2D eigenvalue weighted by Gasteiger charge is -2.17. The molecule has 1 unspecified atom stereocenters. The van der Waals surface area contributed by atoms with E-state index in [0.717, 1.165) is 39.4 Å². The van der Waals surface area contributed by atoms with Crippen molar-refractivity contribution in [2.75, 3.05) is 7.11 Å². The third kappa shape index (κ3) is 3.33. The van der Waals surface area contributed by atoms with E-state index >= 15 is 0 Å². The van der Waals surface area contributed by atoms with Gasteiger partial charge in [0.25, 0.3) is 0 Å². The van der Waals surface area contributed by atoms with Gasteiger partial charge in [0, 0.05) is 11.1 Å². The number of hydrogen-bond donors (Lipinski definition) is 1. The van der Waals surface area contributed by atoms with Crippen LogP contribution < -0.4 is 10.5 Å². The smallest absolute Gasteiger partial charge is 0.122 e. The number of ether oxygens (including phenoxy) is 1. The summed E-state index contributed by atoms with van der Waals surface area (Å²) in [6.07, 6.45) is 0.771. The van der Waals surface area contributed by atoms with Crippen molar-refractivity contribution in [1.29, 1.82) is 0 Å². The van der Waals surface area contributed by atoms with Gasteiger partial charge in [-0.2, -0.15) is 0 Å². The summed E-state index contributed by atoms with van der Waals surface area (Å²) >= 11 is 6.01. The summed E-state index contributed by atoms with van der Waals surface area (Å²) in [7, 11) is 1.69. The van der Waals surface area contributed by atoms with Crippen molar-refractivity contribution in [2.45, 2.75) is 26.3 Å². The van der Waals surface area contributed by atoms with Crippen LogP contribution in [0.25, 0.3) is 0 Å². The largest absolute Gasteiger partial charge is 0.496 e. The van der Waals surface area contributed by atoms with Crippen LogP contribution >= 0.6 is 11.6 Å². The standard InChI is InChI=1S/C17H20ClNO/c1-11-8-17(20-3)12(2)7-15(11)16(19)10-13-5-4-6-14(18)9-13/h4-9,16H,10,19H2,1-3H3. The summed E-state index contributed by atoms with van der Waals surface area (Å²) in [6, 6.07) is 12.0. The first-order chi connectivity index (χ1) is 9.51. The molecule has 0 aromatic heterocycles. The van der Waals surface area contributed by atoms with Crippen LogP contribution in [0, 0.1) is 13.8 Å². The topological polar surface area (TPSA) is 35.2 Å². The molecule has 0 saturated carbocycles. The minimum absolute atomic E-state index is 0.0435. The SMILES string of the molecule is COc1cc(C)c(C(N)Cc2cccc(Cl)c2)cc1C. The minimum Gasteiger partial charge on any atom is -0.496 e. The zero-order valence-corrected chi connectivity index (χ0v) is 12.9. The second-order valence-corrected chi connectivity index (χ2v) is 5.56. The predicted molar refractivity (Wildman–Crippen MR) is 84.6 cm³/mol. The maximum atomic E-state index is 6.35. The second kappa shape index (κ2) is 6.29. The van der Waals surface area contributed by atoms with Gasteiger partial charge in [0.15, 0.2) is 0 Å². The average Bonchev–Trinajstić information content (AvgIpc) is 2.40. The summed E-state index contributed by atoms with van der Waals surface area (Å²) in [5, 5.41) is 0.748. The third-order valence-corrected chi connectivity index (χ3v) is 3.76. The van der Waals surface area contributed by atoms with E-state index in [9.17, 15) is 0 Å². The summed E-state index contributed by atoms with van der Waals surface area (Å²) in [6.45, 7) is 4.10. The third-order valence-electron chi connectivity index (χ3n) is 3.53. The van der Waals surface area contributed by atoms with Gasteiger partial charge in [-0.25, -0.2) is 0 Å². The highest BCUT2D eigenvalue weighted by atomic mass is 35.5. The molecule has 2 aromatic carbocycles. The Bertz CT molecular complexity index is 610. The summed E-state index contributed by atoms with van der Waals surface area (Å²) < 4.78 is 5.34. The lowest BCUT2D eigenvalue weighted by atomic mass is 9.94. The van der Waals surface area contributed by atoms with Gasteiger partial charge < -0.3 is 10.5 Å². The van der Waals surface area contributed by atoms with Crippen molar-refractivity contribution in [3.63, 3.8) is 0 Å². The molecule has 0 aliphatic rings. The first-order valence-electron chi connectivity index (χ1n) is 6.66. The maximum Gasteiger partial charge on any atom is 0.122 e. The number of methoxy groups -OCH3 is 1. The Balaban J connectivity index is 2.25. The Morgan fingerprint density at radius 3 is 2.55 bits per heavy atom. The van der Waals surface area contributed by atoms with Gasteiger partial charge >= 0.3 is 0 Å². The van der Waals surface area contributed by atoms with Gasteiger partial charge in [-0.3, -0.25) is 0 Å². The fraction of sp³-hybridized carbons (Fsp3) is 0.294. The fourth-order valence-corrected chi connectivity index (χ4v) is 2.67. The van der Waals surface area contributed by atoms with Crippen LogP contribution in [0.2, 0.25) is 5.02 Å². The summed E-state index contributed by atoms with van der Waals surface area (Å²) in [5.41, 5.74) is 10.9.